The summed E-state index contributed by atoms with van der Waals surface area (Å²) < 4.78 is 2.08. The molecule has 0 aliphatic heterocycles. The molecule has 1 N–H and O–H groups in total. The molecule has 0 spiro atoms. The maximum absolute atomic E-state index is 4.41. The van der Waals surface area contributed by atoms with Crippen molar-refractivity contribution in [2.75, 3.05) is 0 Å². The van der Waals surface area contributed by atoms with Crippen molar-refractivity contribution >= 4 is 11.3 Å². The molecule has 2 atom stereocenters. The fourth-order valence-corrected chi connectivity index (χ4v) is 3.08. The molecule has 0 saturated heterocycles. The molecule has 0 bridgehead atoms. The molecule has 0 saturated carbocycles. The lowest BCUT2D eigenvalue weighted by Crippen LogP contribution is -2.26. The highest BCUT2D eigenvalue weighted by Crippen LogP contribution is 2.26. The minimum absolute atomic E-state index is 0.267. The van der Waals surface area contributed by atoms with E-state index in [-0.39, 0.29) is 6.04 Å². The Hall–Kier alpha value is -1.13. The van der Waals surface area contributed by atoms with Crippen LogP contribution in [0.5, 0.6) is 0 Å². The summed E-state index contributed by atoms with van der Waals surface area (Å²) in [5.41, 5.74) is 0. The van der Waals surface area contributed by atoms with E-state index < -0.39 is 0 Å². The van der Waals surface area contributed by atoms with Crippen LogP contribution < -0.4 is 5.32 Å². The molecule has 0 aliphatic carbocycles. The summed E-state index contributed by atoms with van der Waals surface area (Å²) >= 11 is 1.82. The van der Waals surface area contributed by atoms with Crippen LogP contribution in [0.4, 0.5) is 0 Å². The van der Waals surface area contributed by atoms with E-state index in [1.54, 1.807) is 0 Å². The second kappa shape index (κ2) is 6.16. The van der Waals surface area contributed by atoms with E-state index >= 15 is 0 Å². The van der Waals surface area contributed by atoms with E-state index in [4.69, 9.17) is 0 Å². The van der Waals surface area contributed by atoms with Crippen molar-refractivity contribution in [2.24, 2.45) is 7.05 Å². The number of nitrogens with one attached hydrogen (secondary N) is 1. The molecule has 3 nitrogen and oxygen atoms in total. The summed E-state index contributed by atoms with van der Waals surface area (Å²) in [6.07, 6.45) is 6.19. The summed E-state index contributed by atoms with van der Waals surface area (Å²) in [5.74, 6) is 1.09. The molecule has 2 heterocycles. The third-order valence-electron chi connectivity index (χ3n) is 3.16. The predicted octanol–water partition coefficient (Wildman–Crippen LogP) is 3.67. The molecule has 2 aromatic rings. The van der Waals surface area contributed by atoms with E-state index in [2.05, 4.69) is 46.2 Å². The largest absolute Gasteiger partial charge is 0.337 e. The zero-order chi connectivity index (χ0) is 13.0. The van der Waals surface area contributed by atoms with Gasteiger partial charge in [0.1, 0.15) is 5.82 Å². The highest BCUT2D eigenvalue weighted by molar-refractivity contribution is 7.10. The van der Waals surface area contributed by atoms with E-state index in [9.17, 15) is 0 Å². The number of hydrogen-bond acceptors (Lipinski definition) is 3. The van der Waals surface area contributed by atoms with Crippen LogP contribution in [-0.2, 0) is 7.05 Å². The average molecular weight is 263 g/mol. The first-order valence-corrected chi connectivity index (χ1v) is 7.37. The third kappa shape index (κ3) is 3.00. The zero-order valence-electron chi connectivity index (χ0n) is 11.3. The third-order valence-corrected chi connectivity index (χ3v) is 4.15. The number of rotatable bonds is 6. The van der Waals surface area contributed by atoms with Crippen LogP contribution in [0.1, 0.15) is 49.5 Å². The smallest absolute Gasteiger partial charge is 0.125 e. The van der Waals surface area contributed by atoms with Crippen molar-refractivity contribution in [3.63, 3.8) is 0 Å². The molecule has 0 amide bonds. The maximum Gasteiger partial charge on any atom is 0.125 e. The van der Waals surface area contributed by atoms with Gasteiger partial charge in [-0.25, -0.2) is 4.98 Å². The molecule has 0 radical (unpaired) electrons. The lowest BCUT2D eigenvalue weighted by atomic mass is 10.1. The first-order valence-electron chi connectivity index (χ1n) is 6.49. The van der Waals surface area contributed by atoms with Gasteiger partial charge in [-0.15, -0.1) is 11.3 Å². The van der Waals surface area contributed by atoms with E-state index in [0.29, 0.717) is 6.04 Å². The van der Waals surface area contributed by atoms with Gasteiger partial charge in [0.25, 0.3) is 0 Å². The van der Waals surface area contributed by atoms with Gasteiger partial charge >= 0.3 is 0 Å². The number of thiophene rings is 1. The van der Waals surface area contributed by atoms with Crippen molar-refractivity contribution in [2.45, 2.75) is 38.8 Å². The van der Waals surface area contributed by atoms with Crippen LogP contribution in [-0.4, -0.2) is 9.55 Å². The molecule has 4 heteroatoms. The monoisotopic (exact) mass is 263 g/mol. The summed E-state index contributed by atoms with van der Waals surface area (Å²) in [5, 5.41) is 5.83. The van der Waals surface area contributed by atoms with Crippen molar-refractivity contribution < 1.29 is 0 Å². The van der Waals surface area contributed by atoms with Gasteiger partial charge in [-0.1, -0.05) is 19.4 Å². The maximum atomic E-state index is 4.41. The molecule has 0 aliphatic rings. The summed E-state index contributed by atoms with van der Waals surface area (Å²) in [4.78, 5) is 5.83. The van der Waals surface area contributed by atoms with E-state index in [0.717, 1.165) is 12.2 Å². The van der Waals surface area contributed by atoms with Gasteiger partial charge in [-0.3, -0.25) is 5.32 Å². The minimum atomic E-state index is 0.267. The minimum Gasteiger partial charge on any atom is -0.337 e. The number of nitrogens with zero attached hydrogens (tertiary/aromatic N) is 2. The Balaban J connectivity index is 2.07. The fraction of sp³-hybridized carbons (Fsp3) is 0.500. The van der Waals surface area contributed by atoms with Gasteiger partial charge in [-0.05, 0) is 24.8 Å². The molecule has 0 fully saturated rings. The Labute approximate surface area is 113 Å². The Morgan fingerprint density at radius 3 is 2.89 bits per heavy atom. The van der Waals surface area contributed by atoms with Crippen molar-refractivity contribution in [1.29, 1.82) is 0 Å². The number of hydrogen-bond donors (Lipinski definition) is 1. The number of aryl methyl sites for hydroxylation is 1. The van der Waals surface area contributed by atoms with Crippen LogP contribution in [0.2, 0.25) is 0 Å². The predicted molar refractivity (Wildman–Crippen MR) is 76.7 cm³/mol. The zero-order valence-corrected chi connectivity index (χ0v) is 12.1. The highest BCUT2D eigenvalue weighted by Gasteiger charge is 2.17. The van der Waals surface area contributed by atoms with Gasteiger partial charge < -0.3 is 4.57 Å². The second-order valence-corrected chi connectivity index (χ2v) is 5.62. The first-order chi connectivity index (χ1) is 8.72. The lowest BCUT2D eigenvalue weighted by molar-refractivity contribution is 0.426. The van der Waals surface area contributed by atoms with Crippen molar-refractivity contribution in [1.82, 2.24) is 14.9 Å². The van der Waals surface area contributed by atoms with Crippen LogP contribution in [0, 0.1) is 0 Å². The van der Waals surface area contributed by atoms with Crippen molar-refractivity contribution in [3.8, 4) is 0 Å². The highest BCUT2D eigenvalue weighted by atomic mass is 32.1. The Morgan fingerprint density at radius 1 is 1.50 bits per heavy atom. The number of imidazole rings is 1. The quantitative estimate of drug-likeness (QED) is 0.861. The van der Waals surface area contributed by atoms with E-state index in [1.165, 1.54) is 11.3 Å². The summed E-state index contributed by atoms with van der Waals surface area (Å²) in [7, 11) is 2.04. The SMILES string of the molecule is CCCC(NC(C)c1nccn1C)c1cccs1. The number of aromatic nitrogens is 2. The molecule has 0 aromatic carbocycles. The van der Waals surface area contributed by atoms with Crippen LogP contribution in [0.25, 0.3) is 0 Å². The van der Waals surface area contributed by atoms with Crippen LogP contribution >= 0.6 is 11.3 Å². The standard InChI is InChI=1S/C14H21N3S/c1-4-6-12(13-7-5-10-18-13)16-11(2)14-15-8-9-17(14)3/h5,7-12,16H,4,6H2,1-3H3. The first kappa shape index (κ1) is 13.3. The second-order valence-electron chi connectivity index (χ2n) is 4.64. The Bertz CT molecular complexity index is 461. The van der Waals surface area contributed by atoms with Gasteiger partial charge in [0.15, 0.2) is 0 Å². The Kier molecular flexibility index (Phi) is 4.55. The average Bonchev–Trinajstić information content (AvgIpc) is 2.98. The van der Waals surface area contributed by atoms with Crippen LogP contribution in [0.15, 0.2) is 29.9 Å². The molecule has 18 heavy (non-hydrogen) atoms. The lowest BCUT2D eigenvalue weighted by Gasteiger charge is -2.22. The summed E-state index contributed by atoms with van der Waals surface area (Å²) in [6, 6.07) is 5.03. The fourth-order valence-electron chi connectivity index (χ4n) is 2.26. The Morgan fingerprint density at radius 2 is 2.33 bits per heavy atom. The van der Waals surface area contributed by atoms with Gasteiger partial charge in [-0.2, -0.15) is 0 Å². The molecule has 2 unspecified atom stereocenters. The molecular weight excluding hydrogens is 242 g/mol. The molecule has 98 valence electrons. The summed E-state index contributed by atoms with van der Waals surface area (Å²) in [6.45, 7) is 4.41. The van der Waals surface area contributed by atoms with Crippen LogP contribution in [0.3, 0.4) is 0 Å². The van der Waals surface area contributed by atoms with Gasteiger partial charge in [0.2, 0.25) is 0 Å². The van der Waals surface area contributed by atoms with Gasteiger partial charge in [0, 0.05) is 30.4 Å². The molecular formula is C14H21N3S. The van der Waals surface area contributed by atoms with Crippen molar-refractivity contribution in [3.05, 3.63) is 40.6 Å². The molecule has 2 aromatic heterocycles. The normalized spacial score (nSPS) is 14.6. The van der Waals surface area contributed by atoms with Gasteiger partial charge in [0.05, 0.1) is 6.04 Å². The van der Waals surface area contributed by atoms with E-state index in [1.807, 2.05) is 30.8 Å². The topological polar surface area (TPSA) is 29.9 Å². The molecule has 2 rings (SSSR count).